The van der Waals surface area contributed by atoms with Gasteiger partial charge in [0.2, 0.25) is 0 Å². The minimum Gasteiger partial charge on any atom is -0.398 e. The number of hydrogen-bond acceptors (Lipinski definition) is 2. The molecule has 1 aromatic carbocycles. The van der Waals surface area contributed by atoms with Crippen LogP contribution in [0.3, 0.4) is 0 Å². The van der Waals surface area contributed by atoms with E-state index >= 15 is 0 Å². The number of hydrogen-bond donors (Lipinski definition) is 2. The number of nitrogens with one attached hydrogen (secondary N) is 1. The zero-order valence-electron chi connectivity index (χ0n) is 8.51. The lowest BCUT2D eigenvalue weighted by Crippen LogP contribution is -2.26. The van der Waals surface area contributed by atoms with Gasteiger partial charge in [-0.05, 0) is 18.6 Å². The molecule has 1 rings (SSSR count). The lowest BCUT2D eigenvalue weighted by atomic mass is 10.1. The third kappa shape index (κ3) is 3.09. The van der Waals surface area contributed by atoms with Crippen LogP contribution in [0.4, 0.5) is 5.69 Å². The van der Waals surface area contributed by atoms with Crippen LogP contribution in [0.25, 0.3) is 0 Å². The van der Waals surface area contributed by atoms with Gasteiger partial charge in [-0.15, -0.1) is 0 Å². The lowest BCUT2D eigenvalue weighted by Gasteiger charge is -2.09. The molecule has 0 aliphatic rings. The second-order valence-corrected chi connectivity index (χ2v) is 4.36. The van der Waals surface area contributed by atoms with Crippen LogP contribution in [-0.2, 0) is 0 Å². The Morgan fingerprint density at radius 1 is 1.60 bits per heavy atom. The zero-order chi connectivity index (χ0) is 11.4. The quantitative estimate of drug-likeness (QED) is 0.826. The van der Waals surface area contributed by atoms with E-state index in [0.29, 0.717) is 17.8 Å². The van der Waals surface area contributed by atoms with Crippen LogP contribution in [0.2, 0.25) is 0 Å². The molecule has 15 heavy (non-hydrogen) atoms. The first-order chi connectivity index (χ1) is 7.02. The number of aryl methyl sites for hydroxylation is 1. The van der Waals surface area contributed by atoms with Crippen LogP contribution >= 0.6 is 15.9 Å². The van der Waals surface area contributed by atoms with Crippen molar-refractivity contribution in [1.82, 2.24) is 5.32 Å². The van der Waals surface area contributed by atoms with Gasteiger partial charge in [0, 0.05) is 16.7 Å². The molecule has 3 N–H and O–H groups in total. The van der Waals surface area contributed by atoms with Crippen LogP contribution in [0.5, 0.6) is 0 Å². The van der Waals surface area contributed by atoms with E-state index in [9.17, 15) is 4.79 Å². The largest absolute Gasteiger partial charge is 0.398 e. The smallest absolute Gasteiger partial charge is 0.253 e. The van der Waals surface area contributed by atoms with E-state index in [-0.39, 0.29) is 5.91 Å². The molecule has 0 aliphatic heterocycles. The molecule has 3 nitrogen and oxygen atoms in total. The molecule has 0 radical (unpaired) electrons. The molecule has 4 heteroatoms. The van der Waals surface area contributed by atoms with Crippen LogP contribution in [-0.4, -0.2) is 12.5 Å². The summed E-state index contributed by atoms with van der Waals surface area (Å²) in [7, 11) is 0. The maximum Gasteiger partial charge on any atom is 0.253 e. The first-order valence-corrected chi connectivity index (χ1v) is 5.28. The molecule has 0 aromatic heterocycles. The number of carbonyl (C=O) groups is 1. The number of nitrogens with two attached hydrogens (primary N) is 1. The molecule has 0 aliphatic carbocycles. The van der Waals surface area contributed by atoms with E-state index < -0.39 is 0 Å². The SMILES string of the molecule is C=C(Br)CNC(=O)c1c(C)cccc1N. The Kier molecular flexibility index (Phi) is 3.91. The lowest BCUT2D eigenvalue weighted by molar-refractivity contribution is 0.0958. The Hall–Kier alpha value is -1.29. The molecular weight excluding hydrogens is 256 g/mol. The third-order valence-corrected chi connectivity index (χ3v) is 2.25. The number of halogens is 1. The first kappa shape index (κ1) is 11.8. The molecule has 1 amide bonds. The standard InChI is InChI=1S/C11H13BrN2O/c1-7-4-3-5-9(13)10(7)11(15)14-6-8(2)12/h3-5H,2,6,13H2,1H3,(H,14,15). The van der Waals surface area contributed by atoms with Gasteiger partial charge in [-0.3, -0.25) is 4.79 Å². The van der Waals surface area contributed by atoms with Gasteiger partial charge in [-0.25, -0.2) is 0 Å². The van der Waals surface area contributed by atoms with E-state index in [1.54, 1.807) is 6.07 Å². The third-order valence-electron chi connectivity index (χ3n) is 1.97. The second-order valence-electron chi connectivity index (χ2n) is 3.24. The molecule has 1 aromatic rings. The number of benzene rings is 1. The van der Waals surface area contributed by atoms with Gasteiger partial charge in [-0.1, -0.05) is 34.6 Å². The van der Waals surface area contributed by atoms with E-state index in [2.05, 4.69) is 27.8 Å². The van der Waals surface area contributed by atoms with Crippen molar-refractivity contribution in [2.24, 2.45) is 0 Å². The van der Waals surface area contributed by atoms with Crippen LogP contribution < -0.4 is 11.1 Å². The molecule has 0 heterocycles. The van der Waals surface area contributed by atoms with Gasteiger partial charge < -0.3 is 11.1 Å². The summed E-state index contributed by atoms with van der Waals surface area (Å²) in [5, 5.41) is 2.71. The van der Waals surface area contributed by atoms with Crippen LogP contribution in [0, 0.1) is 6.92 Å². The monoisotopic (exact) mass is 268 g/mol. The average Bonchev–Trinajstić information content (AvgIpc) is 2.14. The van der Waals surface area contributed by atoms with Gasteiger partial charge in [0.25, 0.3) is 5.91 Å². The van der Waals surface area contributed by atoms with Gasteiger partial charge in [0.05, 0.1) is 5.56 Å². The van der Waals surface area contributed by atoms with Crippen molar-refractivity contribution in [3.63, 3.8) is 0 Å². The highest BCUT2D eigenvalue weighted by molar-refractivity contribution is 9.11. The topological polar surface area (TPSA) is 55.1 Å². The summed E-state index contributed by atoms with van der Waals surface area (Å²) in [6.07, 6.45) is 0. The summed E-state index contributed by atoms with van der Waals surface area (Å²) in [5.41, 5.74) is 7.63. The Morgan fingerprint density at radius 2 is 2.27 bits per heavy atom. The van der Waals surface area contributed by atoms with Gasteiger partial charge in [0.1, 0.15) is 0 Å². The van der Waals surface area contributed by atoms with Crippen molar-refractivity contribution < 1.29 is 4.79 Å². The minimum absolute atomic E-state index is 0.175. The van der Waals surface area contributed by atoms with E-state index in [4.69, 9.17) is 5.73 Å². The summed E-state index contributed by atoms with van der Waals surface area (Å²) < 4.78 is 0.725. The number of amides is 1. The summed E-state index contributed by atoms with van der Waals surface area (Å²) in [5.74, 6) is -0.175. The molecule has 0 bridgehead atoms. The van der Waals surface area contributed by atoms with Crippen molar-refractivity contribution >= 4 is 27.5 Å². The van der Waals surface area contributed by atoms with Crippen molar-refractivity contribution in [1.29, 1.82) is 0 Å². The molecular formula is C11H13BrN2O. The normalized spacial score (nSPS) is 9.73. The Bertz CT molecular complexity index is 381. The van der Waals surface area contributed by atoms with Gasteiger partial charge in [0.15, 0.2) is 0 Å². The first-order valence-electron chi connectivity index (χ1n) is 4.49. The maximum absolute atomic E-state index is 11.7. The highest BCUT2D eigenvalue weighted by Crippen LogP contribution is 2.15. The van der Waals surface area contributed by atoms with Crippen LogP contribution in [0.15, 0.2) is 29.3 Å². The molecule has 0 spiro atoms. The predicted molar refractivity (Wildman–Crippen MR) is 66.0 cm³/mol. The van der Waals surface area contributed by atoms with E-state index in [0.717, 1.165) is 10.0 Å². The Labute approximate surface area is 97.5 Å². The summed E-state index contributed by atoms with van der Waals surface area (Å²) in [6, 6.07) is 5.39. The second kappa shape index (κ2) is 4.98. The number of anilines is 1. The van der Waals surface area contributed by atoms with Crippen molar-refractivity contribution in [3.8, 4) is 0 Å². The highest BCUT2D eigenvalue weighted by atomic mass is 79.9. The van der Waals surface area contributed by atoms with Gasteiger partial charge >= 0.3 is 0 Å². The number of rotatable bonds is 3. The fourth-order valence-electron chi connectivity index (χ4n) is 1.27. The zero-order valence-corrected chi connectivity index (χ0v) is 10.1. The summed E-state index contributed by atoms with van der Waals surface area (Å²) in [6.45, 7) is 5.89. The summed E-state index contributed by atoms with van der Waals surface area (Å²) >= 11 is 3.17. The maximum atomic E-state index is 11.7. The van der Waals surface area contributed by atoms with E-state index in [1.807, 2.05) is 19.1 Å². The van der Waals surface area contributed by atoms with Crippen molar-refractivity contribution in [2.45, 2.75) is 6.92 Å². The predicted octanol–water partition coefficient (Wildman–Crippen LogP) is 2.22. The molecule has 0 atom stereocenters. The molecule has 0 unspecified atom stereocenters. The fraction of sp³-hybridized carbons (Fsp3) is 0.182. The molecule has 0 saturated heterocycles. The Morgan fingerprint density at radius 3 is 2.80 bits per heavy atom. The van der Waals surface area contributed by atoms with Gasteiger partial charge in [-0.2, -0.15) is 0 Å². The Balaban J connectivity index is 2.86. The fourth-order valence-corrected chi connectivity index (χ4v) is 1.41. The van der Waals surface area contributed by atoms with Crippen molar-refractivity contribution in [3.05, 3.63) is 40.4 Å². The number of carbonyl (C=O) groups excluding carboxylic acids is 1. The molecule has 0 fully saturated rings. The minimum atomic E-state index is -0.175. The summed E-state index contributed by atoms with van der Waals surface area (Å²) in [4.78, 5) is 11.7. The molecule has 0 saturated carbocycles. The van der Waals surface area contributed by atoms with Crippen LogP contribution in [0.1, 0.15) is 15.9 Å². The average molecular weight is 269 g/mol. The van der Waals surface area contributed by atoms with E-state index in [1.165, 1.54) is 0 Å². The number of nitrogen functional groups attached to an aromatic ring is 1. The van der Waals surface area contributed by atoms with Crippen molar-refractivity contribution in [2.75, 3.05) is 12.3 Å². The molecule has 80 valence electrons. The highest BCUT2D eigenvalue weighted by Gasteiger charge is 2.11.